The maximum atomic E-state index is 12.1. The molecule has 0 aliphatic rings. The van der Waals surface area contributed by atoms with Crippen molar-refractivity contribution in [3.8, 4) is 0 Å². The quantitative estimate of drug-likeness (QED) is 0.861. The fourth-order valence-corrected chi connectivity index (χ4v) is 2.96. The minimum Gasteiger partial charge on any atom is -0.380 e. The van der Waals surface area contributed by atoms with Gasteiger partial charge in [-0.2, -0.15) is 0 Å². The lowest BCUT2D eigenvalue weighted by atomic mass is 10.2. The van der Waals surface area contributed by atoms with Crippen LogP contribution in [0.15, 0.2) is 17.6 Å². The fourth-order valence-electron chi connectivity index (χ4n) is 1.45. The van der Waals surface area contributed by atoms with Crippen LogP contribution in [0.5, 0.6) is 0 Å². The molecule has 2 heterocycles. The van der Waals surface area contributed by atoms with Crippen molar-refractivity contribution in [1.82, 2.24) is 4.98 Å². The molecule has 19 heavy (non-hydrogen) atoms. The molecule has 5 nitrogen and oxygen atoms in total. The van der Waals surface area contributed by atoms with Crippen LogP contribution in [0.1, 0.15) is 31.8 Å². The third-order valence-corrected chi connectivity index (χ3v) is 4.30. The molecule has 1 N–H and O–H groups in total. The lowest BCUT2D eigenvalue weighted by Crippen LogP contribution is -2.12. The van der Waals surface area contributed by atoms with Crippen molar-refractivity contribution in [3.05, 3.63) is 33.0 Å². The van der Waals surface area contributed by atoms with E-state index in [9.17, 15) is 9.59 Å². The minimum atomic E-state index is -0.230. The summed E-state index contributed by atoms with van der Waals surface area (Å²) in [4.78, 5) is 28.4. The summed E-state index contributed by atoms with van der Waals surface area (Å²) in [6.45, 7) is 1.86. The molecule has 0 unspecified atom stereocenters. The maximum absolute atomic E-state index is 12.1. The number of anilines is 1. The number of methoxy groups -OCH3 is 1. The van der Waals surface area contributed by atoms with Gasteiger partial charge in [0, 0.05) is 19.6 Å². The molecule has 2 aromatic heterocycles. The van der Waals surface area contributed by atoms with Gasteiger partial charge in [0.25, 0.3) is 5.91 Å². The molecule has 0 aromatic carbocycles. The predicted octanol–water partition coefficient (Wildman–Crippen LogP) is 2.81. The number of aromatic nitrogens is 1. The molecule has 1 amide bonds. The highest BCUT2D eigenvalue weighted by molar-refractivity contribution is 7.17. The molecule has 0 aliphatic carbocycles. The minimum absolute atomic E-state index is 0.0609. The summed E-state index contributed by atoms with van der Waals surface area (Å²) >= 11 is 2.51. The number of Topliss-reactive ketones (excluding diaryl/α,β-unsaturated/α-hetero) is 1. The Morgan fingerprint density at radius 1 is 1.47 bits per heavy atom. The highest BCUT2D eigenvalue weighted by Gasteiger charge is 2.15. The summed E-state index contributed by atoms with van der Waals surface area (Å²) in [5.74, 6) is -0.291. The van der Waals surface area contributed by atoms with Crippen LogP contribution in [0.2, 0.25) is 0 Å². The molecule has 0 bridgehead atoms. The Labute approximate surface area is 118 Å². The molecule has 0 atom stereocenters. The third-order valence-electron chi connectivity index (χ3n) is 2.33. The topological polar surface area (TPSA) is 68.3 Å². The second kappa shape index (κ2) is 6.05. The summed E-state index contributed by atoms with van der Waals surface area (Å²) in [7, 11) is 1.58. The highest BCUT2D eigenvalue weighted by Crippen LogP contribution is 2.22. The van der Waals surface area contributed by atoms with Gasteiger partial charge >= 0.3 is 0 Å². The molecule has 0 spiro atoms. The molecule has 0 aliphatic heterocycles. The molecule has 0 saturated heterocycles. The zero-order valence-corrected chi connectivity index (χ0v) is 12.1. The van der Waals surface area contributed by atoms with Crippen molar-refractivity contribution in [2.75, 3.05) is 12.4 Å². The van der Waals surface area contributed by atoms with Crippen LogP contribution in [0.3, 0.4) is 0 Å². The van der Waals surface area contributed by atoms with Crippen LogP contribution in [0, 0.1) is 0 Å². The number of nitrogens with one attached hydrogen (secondary N) is 1. The largest absolute Gasteiger partial charge is 0.380 e. The summed E-state index contributed by atoms with van der Waals surface area (Å²) in [5.41, 5.74) is 0.841. The van der Waals surface area contributed by atoms with Gasteiger partial charge in [0.1, 0.15) is 0 Å². The van der Waals surface area contributed by atoms with Crippen molar-refractivity contribution in [3.63, 3.8) is 0 Å². The van der Waals surface area contributed by atoms with E-state index >= 15 is 0 Å². The van der Waals surface area contributed by atoms with Gasteiger partial charge in [-0.15, -0.1) is 11.3 Å². The first-order chi connectivity index (χ1) is 9.11. The van der Waals surface area contributed by atoms with Crippen molar-refractivity contribution in [1.29, 1.82) is 0 Å². The lowest BCUT2D eigenvalue weighted by Gasteiger charge is -2.02. The Balaban J connectivity index is 2.11. The summed E-state index contributed by atoms with van der Waals surface area (Å²) in [6, 6.07) is 1.85. The van der Waals surface area contributed by atoms with Gasteiger partial charge in [-0.3, -0.25) is 14.9 Å². The van der Waals surface area contributed by atoms with E-state index < -0.39 is 0 Å². The van der Waals surface area contributed by atoms with Gasteiger partial charge in [-0.05, 0) is 11.4 Å². The van der Waals surface area contributed by atoms with Gasteiger partial charge < -0.3 is 4.74 Å². The van der Waals surface area contributed by atoms with Crippen LogP contribution in [0.25, 0.3) is 0 Å². The number of thiophene rings is 1. The third kappa shape index (κ3) is 3.25. The number of thiazole rings is 1. The van der Waals surface area contributed by atoms with Gasteiger partial charge in [0.05, 0.1) is 22.6 Å². The monoisotopic (exact) mass is 296 g/mol. The maximum Gasteiger partial charge on any atom is 0.267 e. The predicted molar refractivity (Wildman–Crippen MR) is 75.1 cm³/mol. The Bertz CT molecular complexity index is 604. The van der Waals surface area contributed by atoms with Crippen LogP contribution in [0.4, 0.5) is 5.13 Å². The number of rotatable bonds is 5. The number of ketones is 1. The van der Waals surface area contributed by atoms with E-state index in [0.717, 1.165) is 5.56 Å². The fraction of sp³-hybridized carbons (Fsp3) is 0.250. The molecule has 100 valence electrons. The van der Waals surface area contributed by atoms with E-state index in [2.05, 4.69) is 10.3 Å². The average Bonchev–Trinajstić information content (AvgIpc) is 2.98. The number of ether oxygens (including phenoxy) is 1. The van der Waals surface area contributed by atoms with Crippen molar-refractivity contribution in [2.24, 2.45) is 0 Å². The van der Waals surface area contributed by atoms with Gasteiger partial charge in [-0.1, -0.05) is 11.3 Å². The Morgan fingerprint density at radius 2 is 2.26 bits per heavy atom. The number of hydrogen-bond donors (Lipinski definition) is 1. The van der Waals surface area contributed by atoms with E-state index in [1.54, 1.807) is 7.11 Å². The van der Waals surface area contributed by atoms with Crippen LogP contribution in [-0.4, -0.2) is 23.8 Å². The zero-order chi connectivity index (χ0) is 13.8. The number of carbonyl (C=O) groups is 2. The second-order valence-corrected chi connectivity index (χ2v) is 5.69. The molecule has 7 heteroatoms. The normalized spacial score (nSPS) is 10.4. The molecular formula is C12H12N2O3S2. The number of hydrogen-bond acceptors (Lipinski definition) is 6. The molecule has 2 aromatic rings. The SMILES string of the molecule is COCc1ccsc1C(=O)Nc1ncc(C(C)=O)s1. The van der Waals surface area contributed by atoms with E-state index in [1.165, 1.54) is 35.8 Å². The van der Waals surface area contributed by atoms with Crippen molar-refractivity contribution < 1.29 is 14.3 Å². The summed E-state index contributed by atoms with van der Waals surface area (Å²) in [5, 5.41) is 4.95. The zero-order valence-electron chi connectivity index (χ0n) is 10.4. The first-order valence-electron chi connectivity index (χ1n) is 5.45. The smallest absolute Gasteiger partial charge is 0.267 e. The van der Waals surface area contributed by atoms with Crippen molar-refractivity contribution in [2.45, 2.75) is 13.5 Å². The van der Waals surface area contributed by atoms with E-state index in [-0.39, 0.29) is 11.7 Å². The lowest BCUT2D eigenvalue weighted by molar-refractivity contribution is 0.101. The molecule has 2 rings (SSSR count). The molecule has 0 saturated carbocycles. The first-order valence-corrected chi connectivity index (χ1v) is 7.15. The van der Waals surface area contributed by atoms with Gasteiger partial charge in [0.2, 0.25) is 0 Å². The van der Waals surface area contributed by atoms with Crippen LogP contribution >= 0.6 is 22.7 Å². The van der Waals surface area contributed by atoms with Crippen molar-refractivity contribution >= 4 is 39.5 Å². The first kappa shape index (κ1) is 13.9. The van der Waals surface area contributed by atoms with E-state index in [4.69, 9.17) is 4.74 Å². The second-order valence-electron chi connectivity index (χ2n) is 3.75. The van der Waals surface area contributed by atoms with Crippen LogP contribution < -0.4 is 5.32 Å². The standard InChI is InChI=1S/C12H12N2O3S2/c1-7(15)9-5-13-12(19-9)14-11(16)10-8(6-17-2)3-4-18-10/h3-5H,6H2,1-2H3,(H,13,14,16). The number of carbonyl (C=O) groups excluding carboxylic acids is 2. The Kier molecular flexibility index (Phi) is 4.41. The molecular weight excluding hydrogens is 284 g/mol. The number of nitrogens with zero attached hydrogens (tertiary/aromatic N) is 1. The number of amides is 1. The Hall–Kier alpha value is -1.57. The molecule has 0 radical (unpaired) electrons. The molecule has 0 fully saturated rings. The van der Waals surface area contributed by atoms with E-state index in [0.29, 0.717) is 21.5 Å². The van der Waals surface area contributed by atoms with Gasteiger partial charge in [0.15, 0.2) is 10.9 Å². The summed E-state index contributed by atoms with van der Waals surface area (Å²) < 4.78 is 5.03. The van der Waals surface area contributed by atoms with Crippen LogP contribution in [-0.2, 0) is 11.3 Å². The highest BCUT2D eigenvalue weighted by atomic mass is 32.1. The van der Waals surface area contributed by atoms with Gasteiger partial charge in [-0.25, -0.2) is 4.98 Å². The van der Waals surface area contributed by atoms with E-state index in [1.807, 2.05) is 11.4 Å². The average molecular weight is 296 g/mol. The Morgan fingerprint density at radius 3 is 2.89 bits per heavy atom. The summed E-state index contributed by atoms with van der Waals surface area (Å²) in [6.07, 6.45) is 1.47.